The van der Waals surface area contributed by atoms with Gasteiger partial charge in [-0.3, -0.25) is 14.6 Å². The highest BCUT2D eigenvalue weighted by Crippen LogP contribution is 2.33. The van der Waals surface area contributed by atoms with Gasteiger partial charge in [0, 0.05) is 18.8 Å². The smallest absolute Gasteiger partial charge is 0.143 e. The molecule has 0 N–H and O–H groups in total. The molecule has 0 saturated heterocycles. The Hall–Kier alpha value is -1.51. The molecule has 1 aromatic heterocycles. The molecule has 0 unspecified atom stereocenters. The Bertz CT molecular complexity index is 400. The SMILES string of the molecule is CC(=O)[C@@H]1CC[C@@H](c2ccncc2)CC1=O. The third-order valence-electron chi connectivity index (χ3n) is 3.31. The maximum atomic E-state index is 11.8. The van der Waals surface area contributed by atoms with Crippen molar-refractivity contribution in [2.75, 3.05) is 0 Å². The molecule has 1 fully saturated rings. The number of hydrogen-bond donors (Lipinski definition) is 0. The normalized spacial score (nSPS) is 25.4. The molecular weight excluding hydrogens is 202 g/mol. The molecule has 1 heterocycles. The molecule has 0 bridgehead atoms. The summed E-state index contributed by atoms with van der Waals surface area (Å²) < 4.78 is 0. The zero-order chi connectivity index (χ0) is 11.5. The number of carbonyl (C=O) groups is 2. The number of aromatic nitrogens is 1. The fraction of sp³-hybridized carbons (Fsp3) is 0.462. The van der Waals surface area contributed by atoms with E-state index in [1.54, 1.807) is 12.4 Å². The molecule has 0 amide bonds. The number of rotatable bonds is 2. The van der Waals surface area contributed by atoms with Gasteiger partial charge in [0.25, 0.3) is 0 Å². The zero-order valence-electron chi connectivity index (χ0n) is 9.35. The second-order valence-electron chi connectivity index (χ2n) is 4.39. The maximum Gasteiger partial charge on any atom is 0.143 e. The van der Waals surface area contributed by atoms with E-state index in [0.717, 1.165) is 12.0 Å². The van der Waals surface area contributed by atoms with Crippen LogP contribution in [0.15, 0.2) is 24.5 Å². The molecule has 2 atom stereocenters. The van der Waals surface area contributed by atoms with E-state index in [1.807, 2.05) is 12.1 Å². The van der Waals surface area contributed by atoms with Gasteiger partial charge in [-0.2, -0.15) is 0 Å². The van der Waals surface area contributed by atoms with Crippen molar-refractivity contribution < 1.29 is 9.59 Å². The monoisotopic (exact) mass is 217 g/mol. The van der Waals surface area contributed by atoms with Crippen molar-refractivity contribution in [1.82, 2.24) is 4.98 Å². The van der Waals surface area contributed by atoms with Crippen LogP contribution in [0.2, 0.25) is 0 Å². The number of Topliss-reactive ketones (excluding diaryl/α,β-unsaturated/α-hetero) is 2. The van der Waals surface area contributed by atoms with Crippen LogP contribution in [-0.4, -0.2) is 16.6 Å². The van der Waals surface area contributed by atoms with Crippen LogP contribution in [0.1, 0.15) is 37.7 Å². The Morgan fingerprint density at radius 1 is 1.31 bits per heavy atom. The van der Waals surface area contributed by atoms with Gasteiger partial charge in [-0.05, 0) is 43.4 Å². The molecule has 0 aromatic carbocycles. The van der Waals surface area contributed by atoms with Gasteiger partial charge in [0.2, 0.25) is 0 Å². The van der Waals surface area contributed by atoms with E-state index >= 15 is 0 Å². The van der Waals surface area contributed by atoms with Crippen LogP contribution in [0, 0.1) is 5.92 Å². The van der Waals surface area contributed by atoms with E-state index in [9.17, 15) is 9.59 Å². The minimum absolute atomic E-state index is 0.0122. The van der Waals surface area contributed by atoms with Gasteiger partial charge in [0.05, 0.1) is 5.92 Å². The first-order valence-electron chi connectivity index (χ1n) is 5.61. The third-order valence-corrected chi connectivity index (χ3v) is 3.31. The quantitative estimate of drug-likeness (QED) is 0.713. The average Bonchev–Trinajstić information content (AvgIpc) is 2.29. The Morgan fingerprint density at radius 3 is 2.56 bits per heavy atom. The van der Waals surface area contributed by atoms with E-state index in [1.165, 1.54) is 6.92 Å². The standard InChI is InChI=1S/C13H15NO2/c1-9(15)12-3-2-11(8-13(12)16)10-4-6-14-7-5-10/h4-7,11-12H,2-3,8H2,1H3/t11-,12+/m1/s1. The maximum absolute atomic E-state index is 11.8. The van der Waals surface area contributed by atoms with Crippen LogP contribution < -0.4 is 0 Å². The summed E-state index contributed by atoms with van der Waals surface area (Å²) in [6.07, 6.45) is 5.60. The molecule has 16 heavy (non-hydrogen) atoms. The number of hydrogen-bond acceptors (Lipinski definition) is 3. The molecular formula is C13H15NO2. The fourth-order valence-electron chi connectivity index (χ4n) is 2.37. The van der Waals surface area contributed by atoms with Gasteiger partial charge >= 0.3 is 0 Å². The number of nitrogens with zero attached hydrogens (tertiary/aromatic N) is 1. The predicted molar refractivity (Wildman–Crippen MR) is 60.0 cm³/mol. The van der Waals surface area contributed by atoms with Crippen molar-refractivity contribution in [1.29, 1.82) is 0 Å². The van der Waals surface area contributed by atoms with E-state index in [4.69, 9.17) is 0 Å². The van der Waals surface area contributed by atoms with Crippen molar-refractivity contribution in [2.24, 2.45) is 5.92 Å². The van der Waals surface area contributed by atoms with Gasteiger partial charge < -0.3 is 0 Å². The summed E-state index contributed by atoms with van der Waals surface area (Å²) in [5.74, 6) is 0.0305. The molecule has 1 saturated carbocycles. The second kappa shape index (κ2) is 4.56. The highest BCUT2D eigenvalue weighted by molar-refractivity contribution is 6.02. The average molecular weight is 217 g/mol. The first-order valence-corrected chi connectivity index (χ1v) is 5.61. The lowest BCUT2D eigenvalue weighted by Gasteiger charge is -2.26. The van der Waals surface area contributed by atoms with Crippen molar-refractivity contribution in [3.05, 3.63) is 30.1 Å². The molecule has 1 aromatic rings. The summed E-state index contributed by atoms with van der Waals surface area (Å²) in [5, 5.41) is 0. The largest absolute Gasteiger partial charge is 0.299 e. The first kappa shape index (κ1) is 11.0. The topological polar surface area (TPSA) is 47.0 Å². The van der Waals surface area contributed by atoms with Crippen molar-refractivity contribution >= 4 is 11.6 Å². The third kappa shape index (κ3) is 2.18. The Morgan fingerprint density at radius 2 is 2.00 bits per heavy atom. The van der Waals surface area contributed by atoms with E-state index in [0.29, 0.717) is 12.8 Å². The lowest BCUT2D eigenvalue weighted by molar-refractivity contribution is -0.133. The van der Waals surface area contributed by atoms with Gasteiger partial charge in [-0.15, -0.1) is 0 Å². The van der Waals surface area contributed by atoms with Crippen LogP contribution in [-0.2, 0) is 9.59 Å². The van der Waals surface area contributed by atoms with E-state index in [2.05, 4.69) is 4.98 Å². The molecule has 2 rings (SSSR count). The van der Waals surface area contributed by atoms with E-state index in [-0.39, 0.29) is 23.4 Å². The summed E-state index contributed by atoms with van der Waals surface area (Å²) in [5.41, 5.74) is 1.16. The van der Waals surface area contributed by atoms with Crippen LogP contribution >= 0.6 is 0 Å². The van der Waals surface area contributed by atoms with E-state index < -0.39 is 0 Å². The van der Waals surface area contributed by atoms with Gasteiger partial charge in [0.1, 0.15) is 11.6 Å². The van der Waals surface area contributed by atoms with Crippen molar-refractivity contribution in [2.45, 2.75) is 32.1 Å². The summed E-state index contributed by atoms with van der Waals surface area (Å²) >= 11 is 0. The Labute approximate surface area is 94.9 Å². The molecule has 0 radical (unpaired) electrons. The lowest BCUT2D eigenvalue weighted by Crippen LogP contribution is -2.28. The van der Waals surface area contributed by atoms with Crippen LogP contribution in [0.3, 0.4) is 0 Å². The van der Waals surface area contributed by atoms with Crippen LogP contribution in [0.4, 0.5) is 0 Å². The molecule has 0 aliphatic heterocycles. The Kier molecular flexibility index (Phi) is 3.13. The molecule has 84 valence electrons. The van der Waals surface area contributed by atoms with Gasteiger partial charge in [0.15, 0.2) is 0 Å². The summed E-state index contributed by atoms with van der Waals surface area (Å²) in [4.78, 5) is 27.0. The molecule has 3 nitrogen and oxygen atoms in total. The fourth-order valence-corrected chi connectivity index (χ4v) is 2.37. The van der Waals surface area contributed by atoms with Gasteiger partial charge in [-0.1, -0.05) is 0 Å². The second-order valence-corrected chi connectivity index (χ2v) is 4.39. The highest BCUT2D eigenvalue weighted by atomic mass is 16.1. The van der Waals surface area contributed by atoms with Crippen LogP contribution in [0.25, 0.3) is 0 Å². The molecule has 3 heteroatoms. The number of carbonyl (C=O) groups excluding carboxylic acids is 2. The minimum Gasteiger partial charge on any atom is -0.299 e. The number of ketones is 2. The summed E-state index contributed by atoms with van der Waals surface area (Å²) in [6.45, 7) is 1.51. The minimum atomic E-state index is -0.349. The predicted octanol–water partition coefficient (Wildman–Crippen LogP) is 2.12. The van der Waals surface area contributed by atoms with Gasteiger partial charge in [-0.25, -0.2) is 0 Å². The van der Waals surface area contributed by atoms with Crippen molar-refractivity contribution in [3.63, 3.8) is 0 Å². The summed E-state index contributed by atoms with van der Waals surface area (Å²) in [7, 11) is 0. The Balaban J connectivity index is 2.08. The molecule has 1 aliphatic rings. The molecule has 1 aliphatic carbocycles. The zero-order valence-corrected chi connectivity index (χ0v) is 9.35. The number of pyridine rings is 1. The van der Waals surface area contributed by atoms with Crippen molar-refractivity contribution in [3.8, 4) is 0 Å². The molecule has 0 spiro atoms. The lowest BCUT2D eigenvalue weighted by atomic mass is 9.77. The summed E-state index contributed by atoms with van der Waals surface area (Å²) in [6, 6.07) is 3.90. The van der Waals surface area contributed by atoms with Crippen LogP contribution in [0.5, 0.6) is 0 Å². The first-order chi connectivity index (χ1) is 7.68. The highest BCUT2D eigenvalue weighted by Gasteiger charge is 2.31.